The van der Waals surface area contributed by atoms with Crippen LogP contribution in [0.3, 0.4) is 0 Å². The highest BCUT2D eigenvalue weighted by Crippen LogP contribution is 2.23. The highest BCUT2D eigenvalue weighted by atomic mass is 35.5. The fourth-order valence-corrected chi connectivity index (χ4v) is 1.96. The van der Waals surface area contributed by atoms with E-state index in [1.54, 1.807) is 11.8 Å². The summed E-state index contributed by atoms with van der Waals surface area (Å²) in [5, 5.41) is 3.18. The Morgan fingerprint density at radius 1 is 1.53 bits per heavy atom. The summed E-state index contributed by atoms with van der Waals surface area (Å²) in [4.78, 5) is 21.7. The van der Waals surface area contributed by atoms with Crippen molar-refractivity contribution in [2.24, 2.45) is 0 Å². The van der Waals surface area contributed by atoms with Crippen molar-refractivity contribution in [3.05, 3.63) is 11.3 Å². The zero-order valence-corrected chi connectivity index (χ0v) is 11.4. The molecular weight excluding hydrogens is 270 g/mol. The molecule has 1 aromatic rings. The van der Waals surface area contributed by atoms with Gasteiger partial charge in [0.1, 0.15) is 23.2 Å². The van der Waals surface area contributed by atoms with E-state index in [1.807, 2.05) is 0 Å². The Balaban J connectivity index is 2.01. The molecule has 0 spiro atoms. The van der Waals surface area contributed by atoms with E-state index in [4.69, 9.17) is 22.1 Å². The number of nitrogens with one attached hydrogen (secondary N) is 1. The molecule has 7 nitrogen and oxygen atoms in total. The first-order valence-electron chi connectivity index (χ1n) is 5.98. The number of nitrogen functional groups attached to an aromatic ring is 1. The van der Waals surface area contributed by atoms with E-state index < -0.39 is 6.04 Å². The van der Waals surface area contributed by atoms with Gasteiger partial charge in [0, 0.05) is 13.1 Å². The summed E-state index contributed by atoms with van der Waals surface area (Å²) in [6.07, 6.45) is 1.30. The molecule has 1 fully saturated rings. The molecule has 0 aromatic carbocycles. The summed E-state index contributed by atoms with van der Waals surface area (Å²) in [5.74, 6) is 0.532. The van der Waals surface area contributed by atoms with Gasteiger partial charge in [-0.25, -0.2) is 9.97 Å². The molecule has 19 heavy (non-hydrogen) atoms. The van der Waals surface area contributed by atoms with E-state index in [0.29, 0.717) is 32.1 Å². The molecule has 0 radical (unpaired) electrons. The van der Waals surface area contributed by atoms with Crippen LogP contribution in [0.15, 0.2) is 6.33 Å². The first-order chi connectivity index (χ1) is 9.09. The molecule has 1 atom stereocenters. The Hall–Kier alpha value is -1.60. The second-order valence-corrected chi connectivity index (χ2v) is 4.60. The zero-order chi connectivity index (χ0) is 13.8. The maximum atomic E-state index is 12.2. The summed E-state index contributed by atoms with van der Waals surface area (Å²) in [6, 6.07) is -0.440. The molecule has 2 rings (SSSR count). The van der Waals surface area contributed by atoms with Crippen molar-refractivity contribution in [3.8, 4) is 0 Å². The van der Waals surface area contributed by atoms with Gasteiger partial charge in [0.2, 0.25) is 5.91 Å². The smallest absolute Gasteiger partial charge is 0.244 e. The summed E-state index contributed by atoms with van der Waals surface area (Å²) < 4.78 is 5.21. The second kappa shape index (κ2) is 6.03. The van der Waals surface area contributed by atoms with Crippen molar-refractivity contribution in [1.82, 2.24) is 14.9 Å². The Morgan fingerprint density at radius 3 is 2.89 bits per heavy atom. The van der Waals surface area contributed by atoms with Crippen LogP contribution >= 0.6 is 11.6 Å². The Labute approximate surface area is 116 Å². The Morgan fingerprint density at radius 2 is 2.21 bits per heavy atom. The van der Waals surface area contributed by atoms with Crippen LogP contribution in [0, 0.1) is 0 Å². The third kappa shape index (κ3) is 3.24. The summed E-state index contributed by atoms with van der Waals surface area (Å²) in [5.41, 5.74) is 5.58. The molecule has 1 amide bonds. The number of carbonyl (C=O) groups is 1. The molecule has 1 aliphatic heterocycles. The van der Waals surface area contributed by atoms with E-state index in [-0.39, 0.29) is 16.7 Å². The first kappa shape index (κ1) is 13.8. The Bertz CT molecular complexity index is 464. The van der Waals surface area contributed by atoms with Gasteiger partial charge >= 0.3 is 0 Å². The fraction of sp³-hybridized carbons (Fsp3) is 0.545. The van der Waals surface area contributed by atoms with Gasteiger partial charge in [-0.2, -0.15) is 0 Å². The summed E-state index contributed by atoms with van der Waals surface area (Å²) in [7, 11) is 0. The van der Waals surface area contributed by atoms with Gasteiger partial charge < -0.3 is 20.7 Å². The number of halogens is 1. The molecule has 2 heterocycles. The van der Waals surface area contributed by atoms with Crippen LogP contribution in [-0.4, -0.2) is 53.1 Å². The van der Waals surface area contributed by atoms with E-state index in [9.17, 15) is 4.79 Å². The quantitative estimate of drug-likeness (QED) is 0.833. The molecular formula is C11H16ClN5O2. The highest BCUT2D eigenvalue weighted by molar-refractivity contribution is 6.35. The number of aromatic nitrogens is 2. The standard InChI is InChI=1S/C11H16ClN5O2/c1-7(11(18)17-2-4-19-5-3-17)16-10-8(12)9(13)14-6-15-10/h6-7H,2-5H2,1H3,(H3,13,14,15,16). The van der Waals surface area contributed by atoms with Crippen molar-refractivity contribution in [1.29, 1.82) is 0 Å². The number of rotatable bonds is 3. The predicted octanol–water partition coefficient (Wildman–Crippen LogP) is 0.371. The van der Waals surface area contributed by atoms with Gasteiger partial charge in [-0.3, -0.25) is 4.79 Å². The molecule has 1 aromatic heterocycles. The van der Waals surface area contributed by atoms with Gasteiger partial charge in [-0.1, -0.05) is 11.6 Å². The molecule has 1 saturated heterocycles. The van der Waals surface area contributed by atoms with E-state index in [0.717, 1.165) is 0 Å². The van der Waals surface area contributed by atoms with Crippen LogP contribution in [0.1, 0.15) is 6.92 Å². The van der Waals surface area contributed by atoms with Crippen LogP contribution < -0.4 is 11.1 Å². The minimum Gasteiger partial charge on any atom is -0.382 e. The molecule has 104 valence electrons. The normalized spacial score (nSPS) is 17.1. The number of ether oxygens (including phenoxy) is 1. The van der Waals surface area contributed by atoms with Crippen LogP contribution in [0.4, 0.5) is 11.6 Å². The van der Waals surface area contributed by atoms with E-state index in [2.05, 4.69) is 15.3 Å². The van der Waals surface area contributed by atoms with Gasteiger partial charge in [0.05, 0.1) is 13.2 Å². The molecule has 0 saturated carbocycles. The lowest BCUT2D eigenvalue weighted by Crippen LogP contribution is -2.47. The highest BCUT2D eigenvalue weighted by Gasteiger charge is 2.23. The molecule has 1 unspecified atom stereocenters. The average molecular weight is 286 g/mol. The van der Waals surface area contributed by atoms with E-state index in [1.165, 1.54) is 6.33 Å². The third-order valence-electron chi connectivity index (χ3n) is 2.86. The Kier molecular flexibility index (Phi) is 4.39. The monoisotopic (exact) mass is 285 g/mol. The first-order valence-corrected chi connectivity index (χ1v) is 6.36. The number of morpholine rings is 1. The van der Waals surface area contributed by atoms with Crippen LogP contribution in [0.25, 0.3) is 0 Å². The second-order valence-electron chi connectivity index (χ2n) is 4.23. The van der Waals surface area contributed by atoms with Crippen molar-refractivity contribution in [2.75, 3.05) is 37.4 Å². The lowest BCUT2D eigenvalue weighted by atomic mass is 10.2. The van der Waals surface area contributed by atoms with Crippen molar-refractivity contribution in [3.63, 3.8) is 0 Å². The lowest BCUT2D eigenvalue weighted by Gasteiger charge is -2.29. The van der Waals surface area contributed by atoms with E-state index >= 15 is 0 Å². The van der Waals surface area contributed by atoms with Gasteiger partial charge in [-0.15, -0.1) is 0 Å². The fourth-order valence-electron chi connectivity index (χ4n) is 1.81. The number of nitrogens with two attached hydrogens (primary N) is 1. The molecule has 3 N–H and O–H groups in total. The maximum Gasteiger partial charge on any atom is 0.244 e. The van der Waals surface area contributed by atoms with Crippen LogP contribution in [0.2, 0.25) is 5.02 Å². The number of amides is 1. The number of hydrogen-bond acceptors (Lipinski definition) is 6. The number of hydrogen-bond donors (Lipinski definition) is 2. The van der Waals surface area contributed by atoms with Crippen molar-refractivity contribution in [2.45, 2.75) is 13.0 Å². The topological polar surface area (TPSA) is 93.4 Å². The zero-order valence-electron chi connectivity index (χ0n) is 10.6. The predicted molar refractivity (Wildman–Crippen MR) is 71.9 cm³/mol. The van der Waals surface area contributed by atoms with Gasteiger partial charge in [-0.05, 0) is 6.92 Å². The minimum absolute atomic E-state index is 0.0171. The summed E-state index contributed by atoms with van der Waals surface area (Å²) in [6.45, 7) is 4.10. The molecule has 8 heteroatoms. The number of carbonyl (C=O) groups excluding carboxylic acids is 1. The maximum absolute atomic E-state index is 12.2. The molecule has 1 aliphatic rings. The van der Waals surface area contributed by atoms with Gasteiger partial charge in [0.25, 0.3) is 0 Å². The number of nitrogens with zero attached hydrogens (tertiary/aromatic N) is 3. The third-order valence-corrected chi connectivity index (χ3v) is 3.24. The molecule has 0 bridgehead atoms. The minimum atomic E-state index is -0.440. The lowest BCUT2D eigenvalue weighted by molar-refractivity contribution is -0.135. The van der Waals surface area contributed by atoms with Crippen molar-refractivity contribution >= 4 is 29.1 Å². The van der Waals surface area contributed by atoms with Gasteiger partial charge in [0.15, 0.2) is 5.82 Å². The molecule has 0 aliphatic carbocycles. The van der Waals surface area contributed by atoms with Crippen LogP contribution in [0.5, 0.6) is 0 Å². The number of anilines is 2. The van der Waals surface area contributed by atoms with Crippen LogP contribution in [-0.2, 0) is 9.53 Å². The largest absolute Gasteiger partial charge is 0.382 e. The summed E-state index contributed by atoms with van der Waals surface area (Å²) >= 11 is 5.97. The SMILES string of the molecule is CC(Nc1ncnc(N)c1Cl)C(=O)N1CCOCC1. The van der Waals surface area contributed by atoms with Crippen molar-refractivity contribution < 1.29 is 9.53 Å². The average Bonchev–Trinajstić information content (AvgIpc) is 2.44.